The second-order valence-electron chi connectivity index (χ2n) is 5.17. The summed E-state index contributed by atoms with van der Waals surface area (Å²) in [4.78, 5) is 13.9. The van der Waals surface area contributed by atoms with Crippen molar-refractivity contribution in [3.8, 4) is 0 Å². The first-order chi connectivity index (χ1) is 9.25. The molecule has 104 valence electrons. The van der Waals surface area contributed by atoms with Crippen molar-refractivity contribution in [1.29, 1.82) is 0 Å². The molecule has 1 amide bonds. The van der Waals surface area contributed by atoms with E-state index in [0.29, 0.717) is 12.6 Å². The van der Waals surface area contributed by atoms with E-state index in [1.54, 1.807) is 0 Å². The first kappa shape index (κ1) is 14.0. The van der Waals surface area contributed by atoms with Gasteiger partial charge in [0.1, 0.15) is 0 Å². The molecule has 1 aromatic rings. The minimum absolute atomic E-state index is 0.127. The van der Waals surface area contributed by atoms with Crippen LogP contribution in [0.15, 0.2) is 30.3 Å². The number of hydrogen-bond donors (Lipinski definition) is 2. The summed E-state index contributed by atoms with van der Waals surface area (Å²) in [6.07, 6.45) is 2.01. The van der Waals surface area contributed by atoms with Crippen LogP contribution >= 0.6 is 0 Å². The van der Waals surface area contributed by atoms with Crippen molar-refractivity contribution in [2.24, 2.45) is 0 Å². The van der Waals surface area contributed by atoms with Crippen molar-refractivity contribution in [2.45, 2.75) is 18.9 Å². The van der Waals surface area contributed by atoms with E-state index in [1.807, 2.05) is 13.1 Å². The van der Waals surface area contributed by atoms with Crippen LogP contribution in [0.3, 0.4) is 0 Å². The van der Waals surface area contributed by atoms with Gasteiger partial charge in [-0.25, -0.2) is 0 Å². The second-order valence-corrected chi connectivity index (χ2v) is 5.17. The maximum absolute atomic E-state index is 11.7. The summed E-state index contributed by atoms with van der Waals surface area (Å²) < 4.78 is 0. The molecular weight excluding hydrogens is 238 g/mol. The Morgan fingerprint density at radius 3 is 2.74 bits per heavy atom. The molecule has 1 aromatic carbocycles. The number of aryl methyl sites for hydroxylation is 1. The predicted molar refractivity (Wildman–Crippen MR) is 77.1 cm³/mol. The van der Waals surface area contributed by atoms with Gasteiger partial charge < -0.3 is 10.6 Å². The van der Waals surface area contributed by atoms with E-state index in [0.717, 1.165) is 32.5 Å². The van der Waals surface area contributed by atoms with Crippen LogP contribution in [0.2, 0.25) is 0 Å². The second kappa shape index (κ2) is 7.26. The fourth-order valence-electron chi connectivity index (χ4n) is 2.16. The molecule has 0 aliphatic carbocycles. The molecule has 0 aromatic heterocycles. The zero-order valence-corrected chi connectivity index (χ0v) is 11.6. The zero-order chi connectivity index (χ0) is 13.5. The molecule has 1 aliphatic heterocycles. The summed E-state index contributed by atoms with van der Waals surface area (Å²) in [5.74, 6) is 0.127. The fourth-order valence-corrected chi connectivity index (χ4v) is 2.16. The van der Waals surface area contributed by atoms with E-state index < -0.39 is 0 Å². The molecule has 1 heterocycles. The highest BCUT2D eigenvalue weighted by molar-refractivity contribution is 5.78. The lowest BCUT2D eigenvalue weighted by Crippen LogP contribution is -2.57. The number of carbonyl (C=O) groups excluding carboxylic acids is 1. The molecule has 2 rings (SSSR count). The van der Waals surface area contributed by atoms with E-state index in [2.05, 4.69) is 39.8 Å². The normalized spacial score (nSPS) is 15.3. The minimum Gasteiger partial charge on any atom is -0.355 e. The fraction of sp³-hybridized carbons (Fsp3) is 0.533. The highest BCUT2D eigenvalue weighted by atomic mass is 16.2. The minimum atomic E-state index is 0.127. The van der Waals surface area contributed by atoms with Gasteiger partial charge in [0, 0.05) is 25.7 Å². The number of carbonyl (C=O) groups is 1. The topological polar surface area (TPSA) is 44.4 Å². The third-order valence-corrected chi connectivity index (χ3v) is 3.58. The van der Waals surface area contributed by atoms with E-state index in [-0.39, 0.29) is 5.91 Å². The Morgan fingerprint density at radius 1 is 1.37 bits per heavy atom. The quantitative estimate of drug-likeness (QED) is 0.708. The highest BCUT2D eigenvalue weighted by Gasteiger charge is 2.22. The highest BCUT2D eigenvalue weighted by Crippen LogP contribution is 2.02. The van der Waals surface area contributed by atoms with E-state index in [4.69, 9.17) is 0 Å². The average molecular weight is 261 g/mol. The summed E-state index contributed by atoms with van der Waals surface area (Å²) in [6, 6.07) is 10.9. The summed E-state index contributed by atoms with van der Waals surface area (Å²) in [7, 11) is 2.01. The Labute approximate surface area is 115 Å². The summed E-state index contributed by atoms with van der Waals surface area (Å²) in [5, 5.41) is 6.20. The van der Waals surface area contributed by atoms with Crippen LogP contribution < -0.4 is 10.6 Å². The van der Waals surface area contributed by atoms with Crippen molar-refractivity contribution >= 4 is 5.91 Å². The zero-order valence-electron chi connectivity index (χ0n) is 11.6. The van der Waals surface area contributed by atoms with Crippen LogP contribution in [-0.4, -0.2) is 50.1 Å². The molecule has 19 heavy (non-hydrogen) atoms. The maximum atomic E-state index is 11.7. The van der Waals surface area contributed by atoms with Gasteiger partial charge in [0.15, 0.2) is 0 Å². The van der Waals surface area contributed by atoms with Crippen LogP contribution in [0.5, 0.6) is 0 Å². The molecule has 2 N–H and O–H groups in total. The predicted octanol–water partition coefficient (Wildman–Crippen LogP) is 0.639. The Bertz CT molecular complexity index is 390. The molecular formula is C15H23N3O. The van der Waals surface area contributed by atoms with Crippen molar-refractivity contribution in [3.63, 3.8) is 0 Å². The molecule has 1 fully saturated rings. The van der Waals surface area contributed by atoms with Crippen LogP contribution in [0.25, 0.3) is 0 Å². The largest absolute Gasteiger partial charge is 0.355 e. The first-order valence-electron chi connectivity index (χ1n) is 6.97. The molecule has 0 unspecified atom stereocenters. The number of rotatable bonds is 7. The van der Waals surface area contributed by atoms with Gasteiger partial charge in [0.2, 0.25) is 5.91 Å². The van der Waals surface area contributed by atoms with E-state index in [1.165, 1.54) is 5.56 Å². The SMILES string of the molecule is CN(CC(=O)NCCCc1ccccc1)C1CNC1. The lowest BCUT2D eigenvalue weighted by molar-refractivity contribution is -0.122. The molecule has 4 heteroatoms. The number of nitrogens with one attached hydrogen (secondary N) is 2. The van der Waals surface area contributed by atoms with Gasteiger partial charge in [-0.1, -0.05) is 30.3 Å². The number of likely N-dealkylation sites (N-methyl/N-ethyl adjacent to an activating group) is 1. The van der Waals surface area contributed by atoms with Gasteiger partial charge in [-0.3, -0.25) is 9.69 Å². The maximum Gasteiger partial charge on any atom is 0.234 e. The number of nitrogens with zero attached hydrogens (tertiary/aromatic N) is 1. The van der Waals surface area contributed by atoms with Gasteiger partial charge in [0.05, 0.1) is 6.54 Å². The Balaban J connectivity index is 1.56. The van der Waals surface area contributed by atoms with Crippen molar-refractivity contribution < 1.29 is 4.79 Å². The molecule has 1 saturated heterocycles. The standard InChI is InChI=1S/C15H23N3O/c1-18(14-10-16-11-14)12-15(19)17-9-5-8-13-6-3-2-4-7-13/h2-4,6-7,14,16H,5,8-12H2,1H3,(H,17,19). The summed E-state index contributed by atoms with van der Waals surface area (Å²) in [5.41, 5.74) is 1.33. The average Bonchev–Trinajstić information content (AvgIpc) is 2.33. The van der Waals surface area contributed by atoms with E-state index >= 15 is 0 Å². The third kappa shape index (κ3) is 4.65. The van der Waals surface area contributed by atoms with Crippen LogP contribution in [0, 0.1) is 0 Å². The molecule has 0 atom stereocenters. The molecule has 1 aliphatic rings. The third-order valence-electron chi connectivity index (χ3n) is 3.58. The molecule has 0 bridgehead atoms. The van der Waals surface area contributed by atoms with Crippen molar-refractivity contribution in [1.82, 2.24) is 15.5 Å². The summed E-state index contributed by atoms with van der Waals surface area (Å²) >= 11 is 0. The smallest absolute Gasteiger partial charge is 0.234 e. The van der Waals surface area contributed by atoms with Crippen molar-refractivity contribution in [3.05, 3.63) is 35.9 Å². The van der Waals surface area contributed by atoms with Crippen LogP contribution in [0.4, 0.5) is 0 Å². The van der Waals surface area contributed by atoms with Gasteiger partial charge >= 0.3 is 0 Å². The number of amides is 1. The van der Waals surface area contributed by atoms with Crippen LogP contribution in [0.1, 0.15) is 12.0 Å². The van der Waals surface area contributed by atoms with Crippen molar-refractivity contribution in [2.75, 3.05) is 33.2 Å². The van der Waals surface area contributed by atoms with E-state index in [9.17, 15) is 4.79 Å². The number of benzene rings is 1. The Morgan fingerprint density at radius 2 is 2.11 bits per heavy atom. The molecule has 4 nitrogen and oxygen atoms in total. The van der Waals surface area contributed by atoms with Gasteiger partial charge in [-0.15, -0.1) is 0 Å². The molecule has 0 saturated carbocycles. The van der Waals surface area contributed by atoms with Gasteiger partial charge in [-0.05, 0) is 25.5 Å². The monoisotopic (exact) mass is 261 g/mol. The Hall–Kier alpha value is -1.39. The molecule has 0 radical (unpaired) electrons. The van der Waals surface area contributed by atoms with Crippen LogP contribution in [-0.2, 0) is 11.2 Å². The van der Waals surface area contributed by atoms with Gasteiger partial charge in [-0.2, -0.15) is 0 Å². The lowest BCUT2D eigenvalue weighted by atomic mass is 10.1. The lowest BCUT2D eigenvalue weighted by Gasteiger charge is -2.35. The Kier molecular flexibility index (Phi) is 5.36. The first-order valence-corrected chi connectivity index (χ1v) is 6.97. The summed E-state index contributed by atoms with van der Waals surface area (Å²) in [6.45, 7) is 3.25. The van der Waals surface area contributed by atoms with Gasteiger partial charge in [0.25, 0.3) is 0 Å². The number of hydrogen-bond acceptors (Lipinski definition) is 3. The molecule has 0 spiro atoms.